The normalized spacial score (nSPS) is 12.2. The molecule has 0 aliphatic rings. The topological polar surface area (TPSA) is 96.3 Å². The molecule has 6 nitrogen and oxygen atoms in total. The highest BCUT2D eigenvalue weighted by molar-refractivity contribution is 5.82. The fraction of sp³-hybridized carbons (Fsp3) is 0.105. The maximum Gasteiger partial charge on any atom is 0.123 e. The molecule has 3 aromatic heterocycles. The second kappa shape index (κ2) is 6.89. The molecule has 4 N–H and O–H groups in total. The van der Waals surface area contributed by atoms with E-state index >= 15 is 0 Å². The summed E-state index contributed by atoms with van der Waals surface area (Å²) in [5.74, 6) is -0.287. The molecule has 0 fully saturated rings. The molecule has 0 spiro atoms. The van der Waals surface area contributed by atoms with Gasteiger partial charge in [-0.25, -0.2) is 9.37 Å². The maximum atomic E-state index is 13.3. The molecule has 7 heteroatoms. The van der Waals surface area contributed by atoms with Crippen molar-refractivity contribution in [3.8, 4) is 22.4 Å². The van der Waals surface area contributed by atoms with Gasteiger partial charge in [-0.2, -0.15) is 5.10 Å². The molecule has 0 unspecified atom stereocenters. The van der Waals surface area contributed by atoms with Gasteiger partial charge in [0.2, 0.25) is 0 Å². The fourth-order valence-electron chi connectivity index (χ4n) is 2.98. The van der Waals surface area contributed by atoms with Crippen molar-refractivity contribution in [3.05, 3.63) is 78.5 Å². The van der Waals surface area contributed by atoms with Crippen LogP contribution < -0.4 is 5.73 Å². The zero-order chi connectivity index (χ0) is 17.9. The first-order valence-electron chi connectivity index (χ1n) is 8.20. The Bertz CT molecular complexity index is 977. The van der Waals surface area contributed by atoms with E-state index in [9.17, 15) is 4.39 Å². The highest BCUT2D eigenvalue weighted by Crippen LogP contribution is 2.35. The summed E-state index contributed by atoms with van der Waals surface area (Å²) in [5.41, 5.74) is 11.5. The van der Waals surface area contributed by atoms with Gasteiger partial charge in [0.05, 0.1) is 23.8 Å². The van der Waals surface area contributed by atoms with Crippen LogP contribution in [0.3, 0.4) is 0 Å². The largest absolute Gasteiger partial charge is 0.351 e. The Hall–Kier alpha value is -3.32. The predicted octanol–water partition coefficient (Wildman–Crippen LogP) is 3.24. The highest BCUT2D eigenvalue weighted by Gasteiger charge is 2.21. The number of aromatic amines is 2. The lowest BCUT2D eigenvalue weighted by molar-refractivity contribution is 0.628. The SMILES string of the molecule is N[C@@H](Cc1c[nH]cn1)c1[nH]nc(-c2ccc(F)cc2)c1-c1ccncc1. The van der Waals surface area contributed by atoms with Gasteiger partial charge in [-0.15, -0.1) is 0 Å². The third-order valence-electron chi connectivity index (χ3n) is 4.24. The minimum atomic E-state index is -0.317. The van der Waals surface area contributed by atoms with Gasteiger partial charge < -0.3 is 10.7 Å². The number of nitrogens with one attached hydrogen (secondary N) is 2. The van der Waals surface area contributed by atoms with E-state index in [-0.39, 0.29) is 11.9 Å². The zero-order valence-electron chi connectivity index (χ0n) is 13.9. The Kier molecular flexibility index (Phi) is 4.28. The summed E-state index contributed by atoms with van der Waals surface area (Å²) in [6.45, 7) is 0. The fourth-order valence-corrected chi connectivity index (χ4v) is 2.98. The van der Waals surface area contributed by atoms with Crippen molar-refractivity contribution < 1.29 is 4.39 Å². The highest BCUT2D eigenvalue weighted by atomic mass is 19.1. The molecule has 0 saturated carbocycles. The van der Waals surface area contributed by atoms with Gasteiger partial charge in [-0.05, 0) is 42.0 Å². The molecule has 0 radical (unpaired) electrons. The lowest BCUT2D eigenvalue weighted by Crippen LogP contribution is -2.15. The van der Waals surface area contributed by atoms with Crippen LogP contribution in [0.4, 0.5) is 4.39 Å². The van der Waals surface area contributed by atoms with Crippen molar-refractivity contribution >= 4 is 0 Å². The van der Waals surface area contributed by atoms with E-state index < -0.39 is 0 Å². The molecule has 0 bridgehead atoms. The molecule has 4 aromatic rings. The van der Waals surface area contributed by atoms with Gasteiger partial charge in [-0.3, -0.25) is 10.1 Å². The predicted molar refractivity (Wildman–Crippen MR) is 96.4 cm³/mol. The number of hydrogen-bond donors (Lipinski definition) is 3. The second-order valence-electron chi connectivity index (χ2n) is 5.97. The first-order valence-corrected chi connectivity index (χ1v) is 8.20. The van der Waals surface area contributed by atoms with Gasteiger partial charge in [-0.1, -0.05) is 0 Å². The molecule has 1 aromatic carbocycles. The molecular formula is C19H17FN6. The van der Waals surface area contributed by atoms with Crippen molar-refractivity contribution in [1.82, 2.24) is 25.1 Å². The van der Waals surface area contributed by atoms with Crippen LogP contribution in [-0.2, 0) is 6.42 Å². The molecule has 130 valence electrons. The first-order chi connectivity index (χ1) is 12.7. The average molecular weight is 348 g/mol. The number of aromatic nitrogens is 5. The zero-order valence-corrected chi connectivity index (χ0v) is 13.9. The molecule has 4 rings (SSSR count). The number of hydrogen-bond acceptors (Lipinski definition) is 4. The summed E-state index contributed by atoms with van der Waals surface area (Å²) in [4.78, 5) is 11.2. The van der Waals surface area contributed by atoms with Crippen LogP contribution in [0.1, 0.15) is 17.4 Å². The average Bonchev–Trinajstić information content (AvgIpc) is 3.32. The number of imidazole rings is 1. The minimum Gasteiger partial charge on any atom is -0.351 e. The number of nitrogens with zero attached hydrogens (tertiary/aromatic N) is 3. The summed E-state index contributed by atoms with van der Waals surface area (Å²) in [6.07, 6.45) is 7.46. The summed E-state index contributed by atoms with van der Waals surface area (Å²) in [7, 11) is 0. The van der Waals surface area contributed by atoms with Crippen LogP contribution >= 0.6 is 0 Å². The van der Waals surface area contributed by atoms with Crippen molar-refractivity contribution in [3.63, 3.8) is 0 Å². The van der Waals surface area contributed by atoms with Gasteiger partial charge in [0.1, 0.15) is 11.5 Å². The number of rotatable bonds is 5. The van der Waals surface area contributed by atoms with Crippen LogP contribution in [0, 0.1) is 5.82 Å². The summed E-state index contributed by atoms with van der Waals surface area (Å²) >= 11 is 0. The van der Waals surface area contributed by atoms with E-state index in [1.807, 2.05) is 18.3 Å². The Labute approximate surface area is 149 Å². The van der Waals surface area contributed by atoms with E-state index in [1.165, 1.54) is 12.1 Å². The van der Waals surface area contributed by atoms with Crippen LogP contribution in [-0.4, -0.2) is 25.1 Å². The number of halogens is 1. The number of nitrogens with two attached hydrogens (primary N) is 1. The van der Waals surface area contributed by atoms with Gasteiger partial charge in [0.15, 0.2) is 0 Å². The summed E-state index contributed by atoms with van der Waals surface area (Å²) < 4.78 is 13.3. The summed E-state index contributed by atoms with van der Waals surface area (Å²) in [5, 5.41) is 7.54. The molecular weight excluding hydrogens is 331 g/mol. The van der Waals surface area contributed by atoms with E-state index in [0.29, 0.717) is 6.42 Å². The minimum absolute atomic E-state index is 0.287. The van der Waals surface area contributed by atoms with E-state index in [4.69, 9.17) is 5.73 Å². The molecule has 0 aliphatic carbocycles. The number of pyridine rings is 1. The molecule has 0 saturated heterocycles. The molecule has 0 amide bonds. The van der Waals surface area contributed by atoms with Crippen LogP contribution in [0.15, 0.2) is 61.3 Å². The Balaban J connectivity index is 1.80. The van der Waals surface area contributed by atoms with Crippen molar-refractivity contribution in [2.75, 3.05) is 0 Å². The molecule has 3 heterocycles. The van der Waals surface area contributed by atoms with Crippen LogP contribution in [0.25, 0.3) is 22.4 Å². The van der Waals surface area contributed by atoms with E-state index in [2.05, 4.69) is 25.1 Å². The van der Waals surface area contributed by atoms with E-state index in [1.54, 1.807) is 30.9 Å². The Morgan fingerprint density at radius 2 is 1.81 bits per heavy atom. The number of H-pyrrole nitrogens is 2. The van der Waals surface area contributed by atoms with Crippen LogP contribution in [0.2, 0.25) is 0 Å². The third kappa shape index (κ3) is 3.12. The standard InChI is InChI=1S/C19H17FN6/c20-14-3-1-13(2-4-14)18-17(12-5-7-22-8-6-12)19(26-25-18)16(21)9-15-10-23-11-24-15/h1-8,10-11,16H,9,21H2,(H,23,24)(H,25,26)/t16-/m0/s1. The van der Waals surface area contributed by atoms with E-state index in [0.717, 1.165) is 33.8 Å². The molecule has 1 atom stereocenters. The van der Waals surface area contributed by atoms with Crippen LogP contribution in [0.5, 0.6) is 0 Å². The Morgan fingerprint density at radius 1 is 1.04 bits per heavy atom. The van der Waals surface area contributed by atoms with Crippen molar-refractivity contribution in [1.29, 1.82) is 0 Å². The molecule has 0 aliphatic heterocycles. The maximum absolute atomic E-state index is 13.3. The van der Waals surface area contributed by atoms with Gasteiger partial charge in [0.25, 0.3) is 0 Å². The smallest absolute Gasteiger partial charge is 0.123 e. The summed E-state index contributed by atoms with van der Waals surface area (Å²) in [6, 6.07) is 9.75. The lowest BCUT2D eigenvalue weighted by Gasteiger charge is -2.12. The van der Waals surface area contributed by atoms with Crippen molar-refractivity contribution in [2.45, 2.75) is 12.5 Å². The Morgan fingerprint density at radius 3 is 2.50 bits per heavy atom. The monoisotopic (exact) mass is 348 g/mol. The number of benzene rings is 1. The molecule has 26 heavy (non-hydrogen) atoms. The lowest BCUT2D eigenvalue weighted by atomic mass is 9.95. The quantitative estimate of drug-likeness (QED) is 0.516. The van der Waals surface area contributed by atoms with Crippen molar-refractivity contribution in [2.24, 2.45) is 5.73 Å². The van der Waals surface area contributed by atoms with Gasteiger partial charge >= 0.3 is 0 Å². The first kappa shape index (κ1) is 16.2. The second-order valence-corrected chi connectivity index (χ2v) is 5.97. The van der Waals surface area contributed by atoms with Gasteiger partial charge in [0, 0.05) is 36.1 Å². The third-order valence-corrected chi connectivity index (χ3v) is 4.24.